The average molecular weight is 295 g/mol. The predicted octanol–water partition coefficient (Wildman–Crippen LogP) is 2.50. The molecule has 108 valence electrons. The Balaban J connectivity index is 2.43. The van der Waals surface area contributed by atoms with Crippen molar-refractivity contribution in [2.75, 3.05) is 4.72 Å². The third-order valence-corrected chi connectivity index (χ3v) is 4.63. The first-order chi connectivity index (χ1) is 9.35. The SMILES string of the molecule is Cc1ccc(NS(=O)(=O)c2c(C)oc(C)c2CO)cc1. The Kier molecular flexibility index (Phi) is 3.87. The Hall–Kier alpha value is -1.79. The molecule has 0 unspecified atom stereocenters. The summed E-state index contributed by atoms with van der Waals surface area (Å²) in [6.07, 6.45) is 0. The minimum atomic E-state index is -3.78. The number of furan rings is 1. The topological polar surface area (TPSA) is 79.5 Å². The fraction of sp³-hybridized carbons (Fsp3) is 0.286. The van der Waals surface area contributed by atoms with Crippen LogP contribution in [0.5, 0.6) is 0 Å². The summed E-state index contributed by atoms with van der Waals surface area (Å²) < 4.78 is 32.6. The van der Waals surface area contributed by atoms with Crippen molar-refractivity contribution in [3.05, 3.63) is 46.9 Å². The molecule has 0 atom stereocenters. The number of nitrogens with one attached hydrogen (secondary N) is 1. The van der Waals surface area contributed by atoms with Gasteiger partial charge in [-0.1, -0.05) is 17.7 Å². The predicted molar refractivity (Wildman–Crippen MR) is 76.1 cm³/mol. The maximum Gasteiger partial charge on any atom is 0.265 e. The van der Waals surface area contributed by atoms with E-state index in [4.69, 9.17) is 4.42 Å². The van der Waals surface area contributed by atoms with Crippen LogP contribution in [-0.4, -0.2) is 13.5 Å². The van der Waals surface area contributed by atoms with Crippen molar-refractivity contribution < 1.29 is 17.9 Å². The second-order valence-corrected chi connectivity index (χ2v) is 6.27. The van der Waals surface area contributed by atoms with Crippen molar-refractivity contribution in [1.29, 1.82) is 0 Å². The molecular formula is C14H17NO4S. The van der Waals surface area contributed by atoms with Crippen LogP contribution in [-0.2, 0) is 16.6 Å². The van der Waals surface area contributed by atoms with Crippen molar-refractivity contribution >= 4 is 15.7 Å². The molecule has 5 nitrogen and oxygen atoms in total. The molecule has 0 saturated heterocycles. The van der Waals surface area contributed by atoms with Gasteiger partial charge in [0.1, 0.15) is 16.4 Å². The van der Waals surface area contributed by atoms with Gasteiger partial charge in [-0.05, 0) is 32.9 Å². The molecule has 0 radical (unpaired) electrons. The van der Waals surface area contributed by atoms with Gasteiger partial charge in [0.05, 0.1) is 6.61 Å². The molecule has 2 N–H and O–H groups in total. The van der Waals surface area contributed by atoms with Crippen molar-refractivity contribution in [2.24, 2.45) is 0 Å². The van der Waals surface area contributed by atoms with Crippen molar-refractivity contribution in [1.82, 2.24) is 0 Å². The lowest BCUT2D eigenvalue weighted by Crippen LogP contribution is -2.15. The molecule has 0 fully saturated rings. The summed E-state index contributed by atoms with van der Waals surface area (Å²) in [7, 11) is -3.78. The van der Waals surface area contributed by atoms with Crippen LogP contribution in [0, 0.1) is 20.8 Å². The molecule has 0 amide bonds. The van der Waals surface area contributed by atoms with Crippen LogP contribution < -0.4 is 4.72 Å². The van der Waals surface area contributed by atoms with E-state index in [1.807, 2.05) is 19.1 Å². The fourth-order valence-electron chi connectivity index (χ4n) is 2.07. The molecule has 0 aliphatic heterocycles. The number of aliphatic hydroxyl groups is 1. The van der Waals surface area contributed by atoms with E-state index in [1.165, 1.54) is 0 Å². The molecule has 20 heavy (non-hydrogen) atoms. The number of rotatable bonds is 4. The Bertz CT molecular complexity index is 714. The molecule has 0 bridgehead atoms. The molecule has 1 aromatic heterocycles. The van der Waals surface area contributed by atoms with Gasteiger partial charge in [-0.3, -0.25) is 4.72 Å². The van der Waals surface area contributed by atoms with E-state index in [0.29, 0.717) is 17.0 Å². The third kappa shape index (κ3) is 2.71. The van der Waals surface area contributed by atoms with E-state index in [-0.39, 0.29) is 17.3 Å². The number of aryl methyl sites for hydroxylation is 3. The van der Waals surface area contributed by atoms with E-state index in [0.717, 1.165) is 5.56 Å². The maximum absolute atomic E-state index is 12.4. The molecular weight excluding hydrogens is 278 g/mol. The maximum atomic E-state index is 12.4. The normalized spacial score (nSPS) is 11.6. The van der Waals surface area contributed by atoms with Gasteiger partial charge in [0, 0.05) is 11.3 Å². The van der Waals surface area contributed by atoms with Crippen molar-refractivity contribution in [3.63, 3.8) is 0 Å². The van der Waals surface area contributed by atoms with Crippen LogP contribution in [0.15, 0.2) is 33.6 Å². The summed E-state index contributed by atoms with van der Waals surface area (Å²) in [6, 6.07) is 7.01. The molecule has 6 heteroatoms. The zero-order chi connectivity index (χ0) is 14.9. The lowest BCUT2D eigenvalue weighted by atomic mass is 10.2. The van der Waals surface area contributed by atoms with Crippen LogP contribution in [0.1, 0.15) is 22.6 Å². The van der Waals surface area contributed by atoms with Crippen LogP contribution in [0.3, 0.4) is 0 Å². The molecule has 0 aliphatic carbocycles. The first-order valence-corrected chi connectivity index (χ1v) is 7.62. The molecule has 2 rings (SSSR count). The Morgan fingerprint density at radius 2 is 1.70 bits per heavy atom. The van der Waals surface area contributed by atoms with Crippen molar-refractivity contribution in [2.45, 2.75) is 32.3 Å². The van der Waals surface area contributed by atoms with E-state index in [1.54, 1.807) is 26.0 Å². The highest BCUT2D eigenvalue weighted by Crippen LogP contribution is 2.28. The Labute approximate surface area is 118 Å². The average Bonchev–Trinajstić information content (AvgIpc) is 2.66. The van der Waals surface area contributed by atoms with E-state index in [9.17, 15) is 13.5 Å². The summed E-state index contributed by atoms with van der Waals surface area (Å²) in [5.41, 5.74) is 1.80. The van der Waals surface area contributed by atoms with Crippen LogP contribution in [0.25, 0.3) is 0 Å². The summed E-state index contributed by atoms with van der Waals surface area (Å²) in [6.45, 7) is 4.73. The van der Waals surface area contributed by atoms with Crippen molar-refractivity contribution in [3.8, 4) is 0 Å². The zero-order valence-electron chi connectivity index (χ0n) is 11.6. The van der Waals surface area contributed by atoms with Crippen LogP contribution in [0.4, 0.5) is 5.69 Å². The molecule has 0 spiro atoms. The third-order valence-electron chi connectivity index (χ3n) is 3.06. The quantitative estimate of drug-likeness (QED) is 0.908. The highest BCUT2D eigenvalue weighted by molar-refractivity contribution is 7.92. The first-order valence-electron chi connectivity index (χ1n) is 6.14. The van der Waals surface area contributed by atoms with E-state index < -0.39 is 10.0 Å². The summed E-state index contributed by atoms with van der Waals surface area (Å²) in [5.74, 6) is 0.681. The second kappa shape index (κ2) is 5.30. The Morgan fingerprint density at radius 3 is 2.25 bits per heavy atom. The first kappa shape index (κ1) is 14.6. The number of hydrogen-bond acceptors (Lipinski definition) is 4. The van der Waals surface area contributed by atoms with Gasteiger partial charge in [-0.15, -0.1) is 0 Å². The second-order valence-electron chi connectivity index (χ2n) is 4.65. The van der Waals surface area contributed by atoms with Crippen LogP contribution in [0.2, 0.25) is 0 Å². The molecule has 0 aliphatic rings. The molecule has 1 heterocycles. The highest BCUT2D eigenvalue weighted by Gasteiger charge is 2.26. The fourth-order valence-corrected chi connectivity index (χ4v) is 3.57. The molecule has 2 aromatic rings. The van der Waals surface area contributed by atoms with Gasteiger partial charge >= 0.3 is 0 Å². The van der Waals surface area contributed by atoms with Gasteiger partial charge in [0.25, 0.3) is 10.0 Å². The smallest absolute Gasteiger partial charge is 0.265 e. The van der Waals surface area contributed by atoms with Gasteiger partial charge < -0.3 is 9.52 Å². The van der Waals surface area contributed by atoms with Gasteiger partial charge in [-0.2, -0.15) is 0 Å². The number of benzene rings is 1. The molecule has 1 aromatic carbocycles. The van der Waals surface area contributed by atoms with Gasteiger partial charge in [0.15, 0.2) is 0 Å². The zero-order valence-corrected chi connectivity index (χ0v) is 12.4. The monoisotopic (exact) mass is 295 g/mol. The lowest BCUT2D eigenvalue weighted by Gasteiger charge is -2.09. The van der Waals surface area contributed by atoms with E-state index >= 15 is 0 Å². The highest BCUT2D eigenvalue weighted by atomic mass is 32.2. The lowest BCUT2D eigenvalue weighted by molar-refractivity contribution is 0.276. The van der Waals surface area contributed by atoms with Crippen LogP contribution >= 0.6 is 0 Å². The Morgan fingerprint density at radius 1 is 1.10 bits per heavy atom. The summed E-state index contributed by atoms with van der Waals surface area (Å²) in [4.78, 5) is 0.0121. The summed E-state index contributed by atoms with van der Waals surface area (Å²) >= 11 is 0. The summed E-state index contributed by atoms with van der Waals surface area (Å²) in [5, 5.41) is 9.33. The number of aliphatic hydroxyl groups excluding tert-OH is 1. The molecule has 0 saturated carbocycles. The minimum absolute atomic E-state index is 0.0121. The standard InChI is InChI=1S/C14H17NO4S/c1-9-4-6-12(7-5-9)15-20(17,18)14-11(3)19-10(2)13(14)8-16/h4-7,15-16H,8H2,1-3H3. The van der Waals surface area contributed by atoms with Gasteiger partial charge in [-0.25, -0.2) is 8.42 Å². The largest absolute Gasteiger partial charge is 0.465 e. The number of anilines is 1. The number of hydrogen-bond donors (Lipinski definition) is 2. The van der Waals surface area contributed by atoms with Gasteiger partial charge in [0.2, 0.25) is 0 Å². The number of sulfonamides is 1. The van der Waals surface area contributed by atoms with E-state index in [2.05, 4.69) is 4.72 Å². The minimum Gasteiger partial charge on any atom is -0.465 e.